The summed E-state index contributed by atoms with van der Waals surface area (Å²) in [6.45, 7) is 4.18. The molecule has 1 aliphatic carbocycles. The fourth-order valence-corrected chi connectivity index (χ4v) is 5.43. The third-order valence-corrected chi connectivity index (χ3v) is 7.83. The Labute approximate surface area is 172 Å². The van der Waals surface area contributed by atoms with Gasteiger partial charge < -0.3 is 5.32 Å². The first-order valence-electron chi connectivity index (χ1n) is 10.5. The van der Waals surface area contributed by atoms with Crippen molar-refractivity contribution in [3.05, 3.63) is 29.8 Å². The zero-order valence-corrected chi connectivity index (χ0v) is 18.2. The average Bonchev–Trinajstić information content (AvgIpc) is 2.70. The molecule has 4 nitrogen and oxygen atoms in total. The van der Waals surface area contributed by atoms with Crippen LogP contribution >= 0.6 is 0 Å². The summed E-state index contributed by atoms with van der Waals surface area (Å²) in [6.07, 6.45) is 3.95. The minimum atomic E-state index is -4.47. The smallest absolute Gasteiger partial charge is 0.317 e. The topological polar surface area (TPSA) is 49.4 Å². The minimum Gasteiger partial charge on any atom is -0.317 e. The number of unbranched alkanes of at least 4 members (excludes halogenated alkanes) is 2. The summed E-state index contributed by atoms with van der Waals surface area (Å²) in [6, 6.07) is 3.66. The number of nitrogens with one attached hydrogen (secondary N) is 1. The zero-order valence-electron chi connectivity index (χ0n) is 17.3. The Morgan fingerprint density at radius 1 is 1.03 bits per heavy atom. The monoisotopic (exact) mass is 434 g/mol. The van der Waals surface area contributed by atoms with Gasteiger partial charge in [0.15, 0.2) is 0 Å². The van der Waals surface area contributed by atoms with E-state index in [1.54, 1.807) is 7.05 Å². The van der Waals surface area contributed by atoms with Gasteiger partial charge in [0.2, 0.25) is 10.0 Å². The summed E-state index contributed by atoms with van der Waals surface area (Å²) in [4.78, 5) is -0.0872. The molecule has 1 aliphatic rings. The lowest BCUT2D eigenvalue weighted by Crippen LogP contribution is -2.39. The summed E-state index contributed by atoms with van der Waals surface area (Å²) >= 11 is 0. The molecule has 0 aliphatic heterocycles. The van der Waals surface area contributed by atoms with Crippen LogP contribution in [0.5, 0.6) is 0 Å². The van der Waals surface area contributed by atoms with Gasteiger partial charge in [-0.25, -0.2) is 8.42 Å². The molecule has 0 amide bonds. The summed E-state index contributed by atoms with van der Waals surface area (Å²) < 4.78 is 65.1. The van der Waals surface area contributed by atoms with E-state index in [4.69, 9.17) is 0 Å². The van der Waals surface area contributed by atoms with Crippen LogP contribution in [0.2, 0.25) is 0 Å². The number of alkyl halides is 3. The first-order valence-corrected chi connectivity index (χ1v) is 12.0. The Balaban J connectivity index is 1.84. The van der Waals surface area contributed by atoms with E-state index in [1.807, 2.05) is 0 Å². The predicted molar refractivity (Wildman–Crippen MR) is 109 cm³/mol. The first-order chi connectivity index (χ1) is 13.7. The predicted octanol–water partition coefficient (Wildman–Crippen LogP) is 5.05. The summed E-state index contributed by atoms with van der Waals surface area (Å²) in [5.41, 5.74) is -0.843. The fourth-order valence-electron chi connectivity index (χ4n) is 4.01. The lowest BCUT2D eigenvalue weighted by Gasteiger charge is -2.34. The highest BCUT2D eigenvalue weighted by atomic mass is 32.2. The van der Waals surface area contributed by atoms with Crippen molar-refractivity contribution in [2.45, 2.75) is 75.4 Å². The Morgan fingerprint density at radius 3 is 2.21 bits per heavy atom. The molecule has 8 heteroatoms. The van der Waals surface area contributed by atoms with Gasteiger partial charge in [-0.1, -0.05) is 26.2 Å². The fraction of sp³-hybridized carbons (Fsp3) is 0.714. The van der Waals surface area contributed by atoms with Crippen LogP contribution in [0.15, 0.2) is 29.2 Å². The molecule has 1 aromatic carbocycles. The molecule has 0 aromatic heterocycles. The SMILES string of the molecule is CCNCCCCCC1CCC(N(C)S(=O)(=O)c2ccc(C(F)(F)F)cc2)CC1. The van der Waals surface area contributed by atoms with Gasteiger partial charge in [0, 0.05) is 13.1 Å². The van der Waals surface area contributed by atoms with E-state index in [1.165, 1.54) is 30.0 Å². The highest BCUT2D eigenvalue weighted by molar-refractivity contribution is 7.89. The van der Waals surface area contributed by atoms with E-state index < -0.39 is 21.8 Å². The Morgan fingerprint density at radius 2 is 1.66 bits per heavy atom. The van der Waals surface area contributed by atoms with Crippen molar-refractivity contribution in [1.29, 1.82) is 0 Å². The van der Waals surface area contributed by atoms with Gasteiger partial charge in [-0.15, -0.1) is 0 Å². The minimum absolute atomic E-state index is 0.0872. The van der Waals surface area contributed by atoms with Crippen molar-refractivity contribution in [3.63, 3.8) is 0 Å². The van der Waals surface area contributed by atoms with E-state index in [0.29, 0.717) is 5.92 Å². The molecule has 1 saturated carbocycles. The highest BCUT2D eigenvalue weighted by Crippen LogP contribution is 2.34. The maximum atomic E-state index is 12.8. The molecule has 0 atom stereocenters. The molecule has 2 rings (SSSR count). The Bertz CT molecular complexity index is 712. The van der Waals surface area contributed by atoms with Gasteiger partial charge in [-0.05, 0) is 75.4 Å². The summed E-state index contributed by atoms with van der Waals surface area (Å²) in [5.74, 6) is 0.646. The van der Waals surface area contributed by atoms with Crippen molar-refractivity contribution < 1.29 is 21.6 Å². The van der Waals surface area contributed by atoms with Crippen LogP contribution in [-0.2, 0) is 16.2 Å². The number of halogens is 3. The second kappa shape index (κ2) is 10.8. The largest absolute Gasteiger partial charge is 0.416 e. The Hall–Kier alpha value is -1.12. The molecule has 0 radical (unpaired) electrons. The van der Waals surface area contributed by atoms with Crippen LogP contribution in [0, 0.1) is 5.92 Å². The molecule has 1 N–H and O–H groups in total. The van der Waals surface area contributed by atoms with Gasteiger partial charge in [-0.3, -0.25) is 0 Å². The maximum absolute atomic E-state index is 12.8. The molecule has 0 saturated heterocycles. The van der Waals surface area contributed by atoms with E-state index in [9.17, 15) is 21.6 Å². The maximum Gasteiger partial charge on any atom is 0.416 e. The first kappa shape index (κ1) is 24.2. The molecule has 166 valence electrons. The quantitative estimate of drug-likeness (QED) is 0.524. The number of hydrogen-bond acceptors (Lipinski definition) is 3. The second-order valence-corrected chi connectivity index (χ2v) is 9.92. The van der Waals surface area contributed by atoms with Crippen LogP contribution < -0.4 is 5.32 Å². The number of rotatable bonds is 10. The van der Waals surface area contributed by atoms with E-state index in [2.05, 4.69) is 12.2 Å². The highest BCUT2D eigenvalue weighted by Gasteiger charge is 2.33. The molecular formula is C21H33F3N2O2S. The third kappa shape index (κ3) is 6.96. The number of sulfonamides is 1. The molecule has 1 fully saturated rings. The summed E-state index contributed by atoms with van der Waals surface area (Å²) in [7, 11) is -2.25. The van der Waals surface area contributed by atoms with E-state index in [0.717, 1.165) is 63.0 Å². The van der Waals surface area contributed by atoms with E-state index in [-0.39, 0.29) is 10.9 Å². The van der Waals surface area contributed by atoms with Crippen LogP contribution in [0.25, 0.3) is 0 Å². The van der Waals surface area contributed by atoms with Crippen LogP contribution in [0.3, 0.4) is 0 Å². The molecule has 0 spiro atoms. The van der Waals surface area contributed by atoms with Crippen LogP contribution in [-0.4, -0.2) is 38.9 Å². The van der Waals surface area contributed by atoms with Crippen molar-refractivity contribution in [1.82, 2.24) is 9.62 Å². The molecule has 1 aromatic rings. The molecule has 0 heterocycles. The van der Waals surface area contributed by atoms with E-state index >= 15 is 0 Å². The lowest BCUT2D eigenvalue weighted by molar-refractivity contribution is -0.137. The lowest BCUT2D eigenvalue weighted by atomic mass is 9.83. The van der Waals surface area contributed by atoms with Crippen LogP contribution in [0.1, 0.15) is 63.9 Å². The third-order valence-electron chi connectivity index (χ3n) is 5.91. The number of benzene rings is 1. The molecule has 0 bridgehead atoms. The number of hydrogen-bond donors (Lipinski definition) is 1. The van der Waals surface area contributed by atoms with Crippen molar-refractivity contribution >= 4 is 10.0 Å². The molecular weight excluding hydrogens is 401 g/mol. The second-order valence-electron chi connectivity index (χ2n) is 7.92. The average molecular weight is 435 g/mol. The molecule has 29 heavy (non-hydrogen) atoms. The number of nitrogens with zero attached hydrogens (tertiary/aromatic N) is 1. The zero-order chi connectivity index (χ0) is 21.5. The van der Waals surface area contributed by atoms with Gasteiger partial charge in [0.05, 0.1) is 10.5 Å². The van der Waals surface area contributed by atoms with Gasteiger partial charge >= 0.3 is 6.18 Å². The van der Waals surface area contributed by atoms with Crippen molar-refractivity contribution in [2.24, 2.45) is 5.92 Å². The van der Waals surface area contributed by atoms with Crippen molar-refractivity contribution in [3.8, 4) is 0 Å². The van der Waals surface area contributed by atoms with Crippen LogP contribution in [0.4, 0.5) is 13.2 Å². The normalized spacial score (nSPS) is 20.9. The molecule has 0 unspecified atom stereocenters. The van der Waals surface area contributed by atoms with Gasteiger partial charge in [0.25, 0.3) is 0 Å². The Kier molecular flexibility index (Phi) is 8.97. The standard InChI is InChI=1S/C21H33F3N2O2S/c1-3-25-16-6-4-5-7-17-8-12-19(13-9-17)26(2)29(27,28)20-14-10-18(11-15-20)21(22,23)24/h10-11,14-15,17,19,25H,3-9,12-13,16H2,1-2H3. The van der Waals surface area contributed by atoms with Gasteiger partial charge in [-0.2, -0.15) is 17.5 Å². The van der Waals surface area contributed by atoms with Crippen molar-refractivity contribution in [2.75, 3.05) is 20.1 Å². The summed E-state index contributed by atoms with van der Waals surface area (Å²) in [5, 5.41) is 3.32. The van der Waals surface area contributed by atoms with Gasteiger partial charge in [0.1, 0.15) is 0 Å².